The van der Waals surface area contributed by atoms with Crippen LogP contribution in [0.3, 0.4) is 0 Å². The van der Waals surface area contributed by atoms with Crippen LogP contribution in [0.4, 0.5) is 0 Å². The predicted octanol–water partition coefficient (Wildman–Crippen LogP) is -0.615. The Morgan fingerprint density at radius 1 is 0.875 bits per heavy atom. The van der Waals surface area contributed by atoms with Crippen molar-refractivity contribution >= 4 is 0 Å². The Labute approximate surface area is 48.7 Å². The van der Waals surface area contributed by atoms with Crippen LogP contribution in [-0.4, -0.2) is 33.3 Å². The minimum atomic E-state index is -0.514. The van der Waals surface area contributed by atoms with Gasteiger partial charge in [-0.25, -0.2) is 0 Å². The Morgan fingerprint density at radius 2 is 1.12 bits per heavy atom. The third kappa shape index (κ3) is 4.01. The fourth-order valence-corrected chi connectivity index (χ4v) is 0.289. The van der Waals surface area contributed by atoms with Crippen LogP contribution in [0, 0.1) is 0 Å². The number of hydrogen-bond donors (Lipinski definition) is 0. The molecular formula is C4H12O4. The molecule has 4 nitrogen and oxygen atoms in total. The molecule has 0 aromatic heterocycles. The molecule has 0 amide bonds. The van der Waals surface area contributed by atoms with E-state index in [1.54, 1.807) is 0 Å². The van der Waals surface area contributed by atoms with E-state index in [0.717, 1.165) is 0 Å². The number of rotatable bonds is 3. The van der Waals surface area contributed by atoms with Crippen molar-refractivity contribution in [3.8, 4) is 0 Å². The van der Waals surface area contributed by atoms with Gasteiger partial charge in [-0.15, -0.1) is 0 Å². The molecule has 52 valence electrons. The predicted molar refractivity (Wildman–Crippen MR) is 28.4 cm³/mol. The molecule has 4 heteroatoms. The van der Waals surface area contributed by atoms with E-state index in [9.17, 15) is 0 Å². The summed E-state index contributed by atoms with van der Waals surface area (Å²) in [6.07, 6.45) is 0. The van der Waals surface area contributed by atoms with Gasteiger partial charge < -0.3 is 19.7 Å². The van der Waals surface area contributed by atoms with Gasteiger partial charge >= 0.3 is 0 Å². The van der Waals surface area contributed by atoms with Gasteiger partial charge in [-0.1, -0.05) is 0 Å². The van der Waals surface area contributed by atoms with E-state index < -0.39 is 6.48 Å². The summed E-state index contributed by atoms with van der Waals surface area (Å²) in [5, 5.41) is 0. The van der Waals surface area contributed by atoms with Crippen molar-refractivity contribution in [3.63, 3.8) is 0 Å². The second kappa shape index (κ2) is 6.84. The van der Waals surface area contributed by atoms with Crippen molar-refractivity contribution in [1.82, 2.24) is 0 Å². The van der Waals surface area contributed by atoms with Crippen LogP contribution in [0.1, 0.15) is 0 Å². The highest BCUT2D eigenvalue weighted by molar-refractivity contribution is 4.08. The molecule has 0 saturated carbocycles. The Kier molecular flexibility index (Phi) is 9.20. The first-order valence-electron chi connectivity index (χ1n) is 1.93. The quantitative estimate of drug-likeness (QED) is 0.471. The van der Waals surface area contributed by atoms with Crippen molar-refractivity contribution in [3.05, 3.63) is 0 Å². The van der Waals surface area contributed by atoms with Gasteiger partial charge in [0, 0.05) is 21.3 Å². The lowest BCUT2D eigenvalue weighted by Gasteiger charge is -2.08. The summed E-state index contributed by atoms with van der Waals surface area (Å²) in [6.45, 7) is -0.514. The van der Waals surface area contributed by atoms with Gasteiger partial charge in [0.05, 0.1) is 0 Å². The largest absolute Gasteiger partial charge is 0.412 e. The van der Waals surface area contributed by atoms with Crippen LogP contribution in [0.15, 0.2) is 0 Å². The second-order valence-corrected chi connectivity index (χ2v) is 0.996. The highest BCUT2D eigenvalue weighted by Gasteiger charge is 1.96. The molecular weight excluding hydrogens is 112 g/mol. The van der Waals surface area contributed by atoms with Gasteiger partial charge in [-0.3, -0.25) is 0 Å². The molecule has 0 fully saturated rings. The van der Waals surface area contributed by atoms with Gasteiger partial charge in [0.25, 0.3) is 6.48 Å². The van der Waals surface area contributed by atoms with Crippen LogP contribution in [0.25, 0.3) is 0 Å². The molecule has 0 heterocycles. The van der Waals surface area contributed by atoms with Crippen molar-refractivity contribution in [2.75, 3.05) is 21.3 Å². The third-order valence-corrected chi connectivity index (χ3v) is 0.577. The summed E-state index contributed by atoms with van der Waals surface area (Å²) in [5.41, 5.74) is 0. The fraction of sp³-hybridized carbons (Fsp3) is 1.00. The molecule has 2 N–H and O–H groups in total. The minimum absolute atomic E-state index is 0. The maximum absolute atomic E-state index is 4.60. The first-order valence-corrected chi connectivity index (χ1v) is 1.93. The van der Waals surface area contributed by atoms with Crippen molar-refractivity contribution in [2.24, 2.45) is 0 Å². The van der Waals surface area contributed by atoms with Crippen LogP contribution < -0.4 is 0 Å². The average molecular weight is 124 g/mol. The molecule has 0 aromatic carbocycles. The number of hydrogen-bond acceptors (Lipinski definition) is 3. The number of methoxy groups -OCH3 is 3. The lowest BCUT2D eigenvalue weighted by molar-refractivity contribution is -0.252. The molecule has 0 atom stereocenters. The van der Waals surface area contributed by atoms with Gasteiger partial charge in [0.1, 0.15) is 0 Å². The van der Waals surface area contributed by atoms with Crippen molar-refractivity contribution in [1.29, 1.82) is 0 Å². The van der Waals surface area contributed by atoms with E-state index in [1.165, 1.54) is 21.3 Å². The van der Waals surface area contributed by atoms with Crippen LogP contribution >= 0.6 is 0 Å². The maximum atomic E-state index is 4.60. The summed E-state index contributed by atoms with van der Waals surface area (Å²) in [7, 11) is 4.53. The van der Waals surface area contributed by atoms with Crippen LogP contribution in [-0.2, 0) is 14.2 Å². The standard InChI is InChI=1S/C4H10O3.H2O/c1-5-4(6-2)7-3;/h4H,1-3H3;1H2. The maximum Gasteiger partial charge on any atom is 0.270 e. The van der Waals surface area contributed by atoms with E-state index in [-0.39, 0.29) is 5.48 Å². The SMILES string of the molecule is COC(OC)OC.O. The molecule has 0 aliphatic rings. The summed E-state index contributed by atoms with van der Waals surface area (Å²) in [4.78, 5) is 0. The van der Waals surface area contributed by atoms with E-state index in [0.29, 0.717) is 0 Å². The lowest BCUT2D eigenvalue weighted by atomic mass is 11.2. The number of ether oxygens (including phenoxy) is 3. The van der Waals surface area contributed by atoms with E-state index in [4.69, 9.17) is 0 Å². The molecule has 0 radical (unpaired) electrons. The Hall–Kier alpha value is -0.160. The van der Waals surface area contributed by atoms with E-state index in [2.05, 4.69) is 14.2 Å². The molecule has 0 spiro atoms. The zero-order valence-corrected chi connectivity index (χ0v) is 5.30. The second-order valence-electron chi connectivity index (χ2n) is 0.996. The monoisotopic (exact) mass is 124 g/mol. The van der Waals surface area contributed by atoms with E-state index in [1.807, 2.05) is 0 Å². The smallest absolute Gasteiger partial charge is 0.270 e. The topological polar surface area (TPSA) is 59.2 Å². The highest BCUT2D eigenvalue weighted by atomic mass is 16.8. The first-order chi connectivity index (χ1) is 3.35. The third-order valence-electron chi connectivity index (χ3n) is 0.577. The normalized spacial score (nSPS) is 9.00. The summed E-state index contributed by atoms with van der Waals surface area (Å²) < 4.78 is 13.8. The summed E-state index contributed by atoms with van der Waals surface area (Å²) in [6, 6.07) is 0. The lowest BCUT2D eigenvalue weighted by Crippen LogP contribution is -2.14. The van der Waals surface area contributed by atoms with Gasteiger partial charge in [0.15, 0.2) is 0 Å². The van der Waals surface area contributed by atoms with Gasteiger partial charge in [-0.2, -0.15) is 0 Å². The molecule has 0 aliphatic carbocycles. The Balaban J connectivity index is 0. The van der Waals surface area contributed by atoms with Gasteiger partial charge in [0.2, 0.25) is 0 Å². The Bertz CT molecular complexity index is 29.5. The molecule has 0 aliphatic heterocycles. The summed E-state index contributed by atoms with van der Waals surface area (Å²) in [5.74, 6) is 0. The molecule has 0 rings (SSSR count). The first kappa shape index (κ1) is 10.8. The zero-order chi connectivity index (χ0) is 5.70. The average Bonchev–Trinajstić information content (AvgIpc) is 1.72. The van der Waals surface area contributed by atoms with Crippen molar-refractivity contribution < 1.29 is 19.7 Å². The fourth-order valence-electron chi connectivity index (χ4n) is 0.289. The molecule has 0 saturated heterocycles. The van der Waals surface area contributed by atoms with Crippen molar-refractivity contribution in [2.45, 2.75) is 6.48 Å². The molecule has 0 bridgehead atoms. The molecule has 0 aromatic rings. The Morgan fingerprint density at radius 3 is 1.12 bits per heavy atom. The van der Waals surface area contributed by atoms with Crippen LogP contribution in [0.2, 0.25) is 0 Å². The van der Waals surface area contributed by atoms with Crippen LogP contribution in [0.5, 0.6) is 0 Å². The summed E-state index contributed by atoms with van der Waals surface area (Å²) >= 11 is 0. The minimum Gasteiger partial charge on any atom is -0.412 e. The molecule has 8 heavy (non-hydrogen) atoms. The highest BCUT2D eigenvalue weighted by Crippen LogP contribution is 1.87. The van der Waals surface area contributed by atoms with Gasteiger partial charge in [-0.05, 0) is 0 Å². The van der Waals surface area contributed by atoms with E-state index >= 15 is 0 Å². The molecule has 0 unspecified atom stereocenters. The zero-order valence-electron chi connectivity index (χ0n) is 5.30.